The van der Waals surface area contributed by atoms with Crippen molar-refractivity contribution < 1.29 is 0 Å². The van der Waals surface area contributed by atoms with Gasteiger partial charge in [0.1, 0.15) is 0 Å². The van der Waals surface area contributed by atoms with Crippen molar-refractivity contribution in [3.8, 4) is 0 Å². The van der Waals surface area contributed by atoms with Crippen LogP contribution in [0, 0.1) is 13.8 Å². The van der Waals surface area contributed by atoms with Gasteiger partial charge in [-0.05, 0) is 25.0 Å². The van der Waals surface area contributed by atoms with Crippen molar-refractivity contribution in [2.45, 2.75) is 19.9 Å². The molecule has 0 aliphatic carbocycles. The van der Waals surface area contributed by atoms with E-state index in [1.54, 1.807) is 0 Å². The number of nitrogens with zero attached hydrogens (tertiary/aromatic N) is 2. The largest absolute Gasteiger partial charge is 0.329 e. The van der Waals surface area contributed by atoms with Crippen LogP contribution in [0.25, 0.3) is 0 Å². The first-order valence-electron chi connectivity index (χ1n) is 4.02. The molecule has 0 aliphatic heterocycles. The molecule has 0 amide bonds. The van der Waals surface area contributed by atoms with Crippen LogP contribution in [0.1, 0.15) is 22.9 Å². The summed E-state index contributed by atoms with van der Waals surface area (Å²) in [5, 5.41) is 8.13. The molecule has 1 atom stereocenters. The molecule has 1 aromatic rings. The Morgan fingerprint density at radius 3 is 2.46 bits per heavy atom. The summed E-state index contributed by atoms with van der Waals surface area (Å²) >= 11 is 5.79. The lowest BCUT2D eigenvalue weighted by Crippen LogP contribution is -2.23. The molecule has 0 saturated heterocycles. The highest BCUT2D eigenvalue weighted by Crippen LogP contribution is 2.19. The van der Waals surface area contributed by atoms with Gasteiger partial charge < -0.3 is 11.5 Å². The molecule has 0 fully saturated rings. The summed E-state index contributed by atoms with van der Waals surface area (Å²) in [4.78, 5) is 0. The van der Waals surface area contributed by atoms with Crippen molar-refractivity contribution in [2.24, 2.45) is 11.5 Å². The van der Waals surface area contributed by atoms with Crippen LogP contribution in [0.3, 0.4) is 0 Å². The summed E-state index contributed by atoms with van der Waals surface area (Å²) in [6.07, 6.45) is 0. The van der Waals surface area contributed by atoms with Gasteiger partial charge in [0, 0.05) is 6.54 Å². The van der Waals surface area contributed by atoms with E-state index < -0.39 is 0 Å². The predicted molar refractivity (Wildman–Crippen MR) is 52.5 cm³/mol. The zero-order chi connectivity index (χ0) is 10.0. The summed E-state index contributed by atoms with van der Waals surface area (Å²) in [6.45, 7) is 4.16. The fraction of sp³-hybridized carbons (Fsp3) is 0.500. The smallest absolute Gasteiger partial charge is 0.154 e. The van der Waals surface area contributed by atoms with Crippen LogP contribution >= 0.6 is 11.6 Å². The molecule has 0 bridgehead atoms. The third-order valence-electron chi connectivity index (χ3n) is 2.11. The van der Waals surface area contributed by atoms with Crippen molar-refractivity contribution in [3.63, 3.8) is 0 Å². The Labute approximate surface area is 82.3 Å². The van der Waals surface area contributed by atoms with E-state index in [1.165, 1.54) is 0 Å². The Morgan fingerprint density at radius 1 is 1.31 bits per heavy atom. The Kier molecular flexibility index (Phi) is 3.19. The molecule has 0 radical (unpaired) electrons. The molecule has 1 rings (SSSR count). The molecule has 4 nitrogen and oxygen atoms in total. The topological polar surface area (TPSA) is 77.8 Å². The van der Waals surface area contributed by atoms with Gasteiger partial charge in [-0.15, -0.1) is 5.10 Å². The van der Waals surface area contributed by atoms with Gasteiger partial charge in [-0.2, -0.15) is 5.10 Å². The molecule has 0 aromatic carbocycles. The highest BCUT2D eigenvalue weighted by Gasteiger charge is 2.13. The van der Waals surface area contributed by atoms with Gasteiger partial charge in [0.25, 0.3) is 0 Å². The molecule has 1 unspecified atom stereocenters. The van der Waals surface area contributed by atoms with Crippen molar-refractivity contribution in [1.29, 1.82) is 0 Å². The zero-order valence-electron chi connectivity index (χ0n) is 7.71. The third kappa shape index (κ3) is 1.96. The number of rotatable bonds is 2. The molecule has 72 valence electrons. The molecule has 4 N–H and O–H groups in total. The zero-order valence-corrected chi connectivity index (χ0v) is 8.47. The van der Waals surface area contributed by atoms with Crippen LogP contribution in [0.5, 0.6) is 0 Å². The minimum Gasteiger partial charge on any atom is -0.329 e. The lowest BCUT2D eigenvalue weighted by atomic mass is 10.1. The van der Waals surface area contributed by atoms with Crippen molar-refractivity contribution in [3.05, 3.63) is 22.0 Å². The molecule has 13 heavy (non-hydrogen) atoms. The lowest BCUT2D eigenvalue weighted by Gasteiger charge is -2.12. The van der Waals surface area contributed by atoms with Crippen LogP contribution in [-0.4, -0.2) is 16.7 Å². The van der Waals surface area contributed by atoms with Gasteiger partial charge in [-0.1, -0.05) is 11.6 Å². The van der Waals surface area contributed by atoms with Crippen molar-refractivity contribution in [2.75, 3.05) is 6.54 Å². The van der Waals surface area contributed by atoms with Crippen LogP contribution in [-0.2, 0) is 0 Å². The molecule has 0 aliphatic rings. The SMILES string of the molecule is Cc1c(Cl)nnc(C(N)CN)c1C. The van der Waals surface area contributed by atoms with E-state index in [2.05, 4.69) is 10.2 Å². The molecule has 1 heterocycles. The molecule has 1 aromatic heterocycles. The van der Waals surface area contributed by atoms with Gasteiger partial charge in [0.05, 0.1) is 11.7 Å². The molecule has 0 saturated carbocycles. The molecule has 0 spiro atoms. The maximum atomic E-state index is 5.79. The second-order valence-corrected chi connectivity index (χ2v) is 3.33. The minimum absolute atomic E-state index is 0.261. The van der Waals surface area contributed by atoms with Crippen LogP contribution < -0.4 is 11.5 Å². The van der Waals surface area contributed by atoms with E-state index in [0.29, 0.717) is 11.7 Å². The van der Waals surface area contributed by atoms with E-state index in [0.717, 1.165) is 16.8 Å². The van der Waals surface area contributed by atoms with E-state index in [1.807, 2.05) is 13.8 Å². The Bertz CT molecular complexity index is 313. The van der Waals surface area contributed by atoms with E-state index in [4.69, 9.17) is 23.1 Å². The Morgan fingerprint density at radius 2 is 1.92 bits per heavy atom. The van der Waals surface area contributed by atoms with E-state index in [9.17, 15) is 0 Å². The molecular formula is C8H13ClN4. The fourth-order valence-electron chi connectivity index (χ4n) is 1.06. The van der Waals surface area contributed by atoms with E-state index >= 15 is 0 Å². The fourth-order valence-corrected chi connectivity index (χ4v) is 1.24. The number of hydrogen-bond donors (Lipinski definition) is 2. The molecule has 5 heteroatoms. The predicted octanol–water partition coefficient (Wildman–Crippen LogP) is 0.705. The lowest BCUT2D eigenvalue weighted by molar-refractivity contribution is 0.684. The van der Waals surface area contributed by atoms with Crippen molar-refractivity contribution in [1.82, 2.24) is 10.2 Å². The second kappa shape index (κ2) is 4.00. The first kappa shape index (κ1) is 10.4. The average molecular weight is 201 g/mol. The van der Waals surface area contributed by atoms with Gasteiger partial charge in [-0.25, -0.2) is 0 Å². The monoisotopic (exact) mass is 200 g/mol. The highest BCUT2D eigenvalue weighted by molar-refractivity contribution is 6.30. The first-order valence-corrected chi connectivity index (χ1v) is 4.40. The normalized spacial score (nSPS) is 13.0. The van der Waals surface area contributed by atoms with Crippen LogP contribution in [0.15, 0.2) is 0 Å². The summed E-state index contributed by atoms with van der Waals surface area (Å²) in [5.74, 6) is 0. The quantitative estimate of drug-likeness (QED) is 0.737. The minimum atomic E-state index is -0.261. The number of nitrogens with two attached hydrogens (primary N) is 2. The van der Waals surface area contributed by atoms with Gasteiger partial charge >= 0.3 is 0 Å². The second-order valence-electron chi connectivity index (χ2n) is 2.97. The molecular weight excluding hydrogens is 188 g/mol. The summed E-state index contributed by atoms with van der Waals surface area (Å²) in [6, 6.07) is -0.261. The highest BCUT2D eigenvalue weighted by atomic mass is 35.5. The van der Waals surface area contributed by atoms with Crippen LogP contribution in [0.2, 0.25) is 5.15 Å². The van der Waals surface area contributed by atoms with Crippen LogP contribution in [0.4, 0.5) is 0 Å². The maximum Gasteiger partial charge on any atom is 0.154 e. The standard InChI is InChI=1S/C8H13ClN4/c1-4-5(2)8(9)13-12-7(4)6(11)3-10/h6H,3,10-11H2,1-2H3. The Hall–Kier alpha value is -0.710. The summed E-state index contributed by atoms with van der Waals surface area (Å²) < 4.78 is 0. The van der Waals surface area contributed by atoms with Gasteiger partial charge in [0.15, 0.2) is 5.15 Å². The number of halogens is 1. The maximum absolute atomic E-state index is 5.79. The third-order valence-corrected chi connectivity index (χ3v) is 2.47. The number of hydrogen-bond acceptors (Lipinski definition) is 4. The summed E-state index contributed by atoms with van der Waals surface area (Å²) in [7, 11) is 0. The average Bonchev–Trinajstić information content (AvgIpc) is 2.13. The van der Waals surface area contributed by atoms with E-state index in [-0.39, 0.29) is 6.04 Å². The first-order chi connectivity index (χ1) is 6.07. The Balaban J connectivity index is 3.18. The van der Waals surface area contributed by atoms with Gasteiger partial charge in [-0.3, -0.25) is 0 Å². The summed E-state index contributed by atoms with van der Waals surface area (Å²) in [5.41, 5.74) is 13.8. The van der Waals surface area contributed by atoms with Crippen molar-refractivity contribution >= 4 is 11.6 Å². The van der Waals surface area contributed by atoms with Gasteiger partial charge in [0.2, 0.25) is 0 Å². The number of aromatic nitrogens is 2.